The van der Waals surface area contributed by atoms with Crippen molar-refractivity contribution in [3.8, 4) is 0 Å². The SMILES string of the molecule is COC(=O)/C=C/c1ccc(C(=O)O)c(C)c1. The molecule has 0 saturated heterocycles. The molecular formula is C12H12O4. The smallest absolute Gasteiger partial charge is 0.335 e. The lowest BCUT2D eigenvalue weighted by molar-refractivity contribution is -0.134. The third-order valence-electron chi connectivity index (χ3n) is 2.09. The van der Waals surface area contributed by atoms with Gasteiger partial charge in [0.25, 0.3) is 0 Å². The lowest BCUT2D eigenvalue weighted by atomic mass is 10.1. The van der Waals surface area contributed by atoms with Crippen molar-refractivity contribution in [2.45, 2.75) is 6.92 Å². The van der Waals surface area contributed by atoms with E-state index in [4.69, 9.17) is 5.11 Å². The number of carbonyl (C=O) groups excluding carboxylic acids is 1. The molecule has 0 fully saturated rings. The number of ether oxygens (including phenoxy) is 1. The van der Waals surface area contributed by atoms with E-state index >= 15 is 0 Å². The number of benzene rings is 1. The predicted octanol–water partition coefficient (Wildman–Crippen LogP) is 1.88. The minimum Gasteiger partial charge on any atom is -0.478 e. The molecule has 84 valence electrons. The van der Waals surface area contributed by atoms with Crippen molar-refractivity contribution in [3.05, 3.63) is 41.0 Å². The highest BCUT2D eigenvalue weighted by molar-refractivity contribution is 5.90. The maximum Gasteiger partial charge on any atom is 0.335 e. The Morgan fingerprint density at radius 3 is 2.56 bits per heavy atom. The van der Waals surface area contributed by atoms with E-state index in [1.807, 2.05) is 0 Å². The molecule has 4 heteroatoms. The van der Waals surface area contributed by atoms with Crippen LogP contribution >= 0.6 is 0 Å². The first-order valence-electron chi connectivity index (χ1n) is 4.64. The summed E-state index contributed by atoms with van der Waals surface area (Å²) in [6.45, 7) is 1.71. The first-order valence-corrected chi connectivity index (χ1v) is 4.64. The molecule has 16 heavy (non-hydrogen) atoms. The Labute approximate surface area is 93.2 Å². The summed E-state index contributed by atoms with van der Waals surface area (Å²) in [7, 11) is 1.30. The molecule has 0 spiro atoms. The summed E-state index contributed by atoms with van der Waals surface area (Å²) in [4.78, 5) is 21.6. The Balaban J connectivity index is 2.94. The average molecular weight is 220 g/mol. The number of carboxylic acids is 1. The molecule has 4 nitrogen and oxygen atoms in total. The van der Waals surface area contributed by atoms with Gasteiger partial charge in [0.2, 0.25) is 0 Å². The number of hydrogen-bond donors (Lipinski definition) is 1. The number of carboxylic acid groups (broad SMARTS) is 1. The van der Waals surface area contributed by atoms with Gasteiger partial charge in [-0.15, -0.1) is 0 Å². The van der Waals surface area contributed by atoms with E-state index in [-0.39, 0.29) is 5.56 Å². The molecule has 0 amide bonds. The van der Waals surface area contributed by atoms with E-state index in [1.165, 1.54) is 19.3 Å². The fourth-order valence-corrected chi connectivity index (χ4v) is 1.26. The highest BCUT2D eigenvalue weighted by Crippen LogP contribution is 2.12. The molecule has 0 bridgehead atoms. The zero-order chi connectivity index (χ0) is 12.1. The van der Waals surface area contributed by atoms with E-state index in [1.54, 1.807) is 25.1 Å². The van der Waals surface area contributed by atoms with E-state index < -0.39 is 11.9 Å². The zero-order valence-electron chi connectivity index (χ0n) is 9.06. The molecule has 0 aromatic heterocycles. The number of hydrogen-bond acceptors (Lipinski definition) is 3. The van der Waals surface area contributed by atoms with Crippen LogP contribution in [0.5, 0.6) is 0 Å². The molecule has 0 atom stereocenters. The number of aromatic carboxylic acids is 1. The fourth-order valence-electron chi connectivity index (χ4n) is 1.26. The average Bonchev–Trinajstić information content (AvgIpc) is 2.25. The van der Waals surface area contributed by atoms with Crippen LogP contribution in [0.4, 0.5) is 0 Å². The summed E-state index contributed by atoms with van der Waals surface area (Å²) >= 11 is 0. The van der Waals surface area contributed by atoms with Crippen LogP contribution in [0.15, 0.2) is 24.3 Å². The predicted molar refractivity (Wildman–Crippen MR) is 59.2 cm³/mol. The zero-order valence-corrected chi connectivity index (χ0v) is 9.06. The van der Waals surface area contributed by atoms with Crippen molar-refractivity contribution in [1.29, 1.82) is 0 Å². The van der Waals surface area contributed by atoms with Crippen LogP contribution in [0.25, 0.3) is 6.08 Å². The molecule has 0 heterocycles. The number of rotatable bonds is 3. The molecule has 1 aromatic carbocycles. The van der Waals surface area contributed by atoms with E-state index in [2.05, 4.69) is 4.74 Å². The molecule has 0 unspecified atom stereocenters. The van der Waals surface area contributed by atoms with Crippen LogP contribution in [0.3, 0.4) is 0 Å². The molecule has 1 N–H and O–H groups in total. The first kappa shape index (κ1) is 12.0. The summed E-state index contributed by atoms with van der Waals surface area (Å²) in [6, 6.07) is 4.84. The maximum atomic E-state index is 10.8. The summed E-state index contributed by atoms with van der Waals surface area (Å²) in [5.74, 6) is -1.40. The van der Waals surface area contributed by atoms with Crippen LogP contribution in [0.2, 0.25) is 0 Å². The molecule has 0 aliphatic carbocycles. The standard InChI is InChI=1S/C12H12O4/c1-8-7-9(4-6-11(13)16-2)3-5-10(8)12(14)15/h3-7H,1-2H3,(H,14,15)/b6-4+. The van der Waals surface area contributed by atoms with Crippen molar-refractivity contribution in [2.24, 2.45) is 0 Å². The van der Waals surface area contributed by atoms with Gasteiger partial charge in [-0.2, -0.15) is 0 Å². The van der Waals surface area contributed by atoms with Crippen LogP contribution in [0.1, 0.15) is 21.5 Å². The van der Waals surface area contributed by atoms with E-state index in [0.717, 1.165) is 5.56 Å². The number of esters is 1. The quantitative estimate of drug-likeness (QED) is 0.624. The molecule has 0 saturated carbocycles. The molecule has 1 rings (SSSR count). The van der Waals surface area contributed by atoms with Crippen LogP contribution in [-0.4, -0.2) is 24.2 Å². The lowest BCUT2D eigenvalue weighted by Crippen LogP contribution is -1.99. The van der Waals surface area contributed by atoms with Crippen molar-refractivity contribution in [3.63, 3.8) is 0 Å². The van der Waals surface area contributed by atoms with Gasteiger partial charge < -0.3 is 9.84 Å². The van der Waals surface area contributed by atoms with Crippen molar-refractivity contribution in [2.75, 3.05) is 7.11 Å². The van der Waals surface area contributed by atoms with Gasteiger partial charge in [-0.1, -0.05) is 12.1 Å². The topological polar surface area (TPSA) is 63.6 Å². The molecule has 0 radical (unpaired) electrons. The monoisotopic (exact) mass is 220 g/mol. The van der Waals surface area contributed by atoms with Crippen molar-refractivity contribution >= 4 is 18.0 Å². The Bertz CT molecular complexity index is 446. The van der Waals surface area contributed by atoms with Gasteiger partial charge in [0.15, 0.2) is 0 Å². The van der Waals surface area contributed by atoms with Crippen molar-refractivity contribution in [1.82, 2.24) is 0 Å². The molecule has 0 aliphatic rings. The molecule has 0 aliphatic heterocycles. The van der Waals surface area contributed by atoms with Crippen LogP contribution in [-0.2, 0) is 9.53 Å². The van der Waals surface area contributed by atoms with E-state index in [9.17, 15) is 9.59 Å². The molecular weight excluding hydrogens is 208 g/mol. The fraction of sp³-hybridized carbons (Fsp3) is 0.167. The van der Waals surface area contributed by atoms with Gasteiger partial charge in [-0.3, -0.25) is 0 Å². The van der Waals surface area contributed by atoms with Crippen molar-refractivity contribution < 1.29 is 19.4 Å². The third-order valence-corrected chi connectivity index (χ3v) is 2.09. The van der Waals surface area contributed by atoms with E-state index in [0.29, 0.717) is 5.56 Å². The second kappa shape index (κ2) is 5.11. The summed E-state index contributed by atoms with van der Waals surface area (Å²) in [6.07, 6.45) is 2.86. The van der Waals surface area contributed by atoms with Gasteiger partial charge in [0.05, 0.1) is 12.7 Å². The largest absolute Gasteiger partial charge is 0.478 e. The third kappa shape index (κ3) is 2.95. The second-order valence-corrected chi connectivity index (χ2v) is 3.24. The van der Waals surface area contributed by atoms with Gasteiger partial charge in [0.1, 0.15) is 0 Å². The summed E-state index contributed by atoms with van der Waals surface area (Å²) in [5, 5.41) is 8.82. The molecule has 1 aromatic rings. The number of methoxy groups -OCH3 is 1. The normalized spacial score (nSPS) is 10.4. The van der Waals surface area contributed by atoms with Crippen LogP contribution in [0, 0.1) is 6.92 Å². The Morgan fingerprint density at radius 2 is 2.06 bits per heavy atom. The summed E-state index contributed by atoms with van der Waals surface area (Å²) < 4.78 is 4.44. The minimum absolute atomic E-state index is 0.259. The second-order valence-electron chi connectivity index (χ2n) is 3.24. The Morgan fingerprint density at radius 1 is 1.38 bits per heavy atom. The van der Waals surface area contributed by atoms with Gasteiger partial charge in [-0.25, -0.2) is 9.59 Å². The van der Waals surface area contributed by atoms with Gasteiger partial charge in [0, 0.05) is 6.08 Å². The van der Waals surface area contributed by atoms with Crippen LogP contribution < -0.4 is 0 Å². The maximum absolute atomic E-state index is 10.8. The number of carbonyl (C=O) groups is 2. The van der Waals surface area contributed by atoms with Gasteiger partial charge in [-0.05, 0) is 30.2 Å². The highest BCUT2D eigenvalue weighted by Gasteiger charge is 2.05. The first-order chi connectivity index (χ1) is 7.54. The lowest BCUT2D eigenvalue weighted by Gasteiger charge is -2.01. The highest BCUT2D eigenvalue weighted by atomic mass is 16.5. The summed E-state index contributed by atoms with van der Waals surface area (Å²) in [5.41, 5.74) is 1.67. The Hall–Kier alpha value is -2.10. The van der Waals surface area contributed by atoms with Gasteiger partial charge >= 0.3 is 11.9 Å². The number of aryl methyl sites for hydroxylation is 1. The Kier molecular flexibility index (Phi) is 3.83. The minimum atomic E-state index is -0.957.